The first-order chi connectivity index (χ1) is 8.31. The Hall–Kier alpha value is 0.540. The standard InChI is InChI=1S/C11H22NO2PS2/c1-4-5-10-16-17-11-6-8-13-15(3)14-9-7-12-2/h4-11H2,1,3H3. The summed E-state index contributed by atoms with van der Waals surface area (Å²) in [5.41, 5.74) is 0. The van der Waals surface area contributed by atoms with Crippen molar-refractivity contribution in [3.05, 3.63) is 11.4 Å². The van der Waals surface area contributed by atoms with Crippen molar-refractivity contribution in [2.45, 2.75) is 26.2 Å². The predicted octanol–water partition coefficient (Wildman–Crippen LogP) is 4.45. The molecule has 17 heavy (non-hydrogen) atoms. The Morgan fingerprint density at radius 2 is 1.76 bits per heavy atom. The lowest BCUT2D eigenvalue weighted by molar-refractivity contribution is 0.262. The highest BCUT2D eigenvalue weighted by atomic mass is 33.1. The number of nitrogens with zero attached hydrogens (tertiary/aromatic N) is 1. The fourth-order valence-corrected chi connectivity index (χ4v) is 3.98. The lowest BCUT2D eigenvalue weighted by Crippen LogP contribution is -1.96. The van der Waals surface area contributed by atoms with Gasteiger partial charge in [0.15, 0.2) is 8.38 Å². The number of hydrogen-bond acceptors (Lipinski definition) is 4. The van der Waals surface area contributed by atoms with Crippen LogP contribution < -0.4 is 0 Å². The van der Waals surface area contributed by atoms with E-state index in [4.69, 9.17) is 15.6 Å². The molecule has 0 N–H and O–H groups in total. The fraction of sp³-hybridized carbons (Fsp3) is 0.909. The molecule has 0 fully saturated rings. The smallest absolute Gasteiger partial charge is 0.238 e. The molecule has 0 amide bonds. The molecule has 0 radical (unpaired) electrons. The second-order valence-corrected chi connectivity index (χ2v) is 7.44. The summed E-state index contributed by atoms with van der Waals surface area (Å²) in [6.45, 7) is 12.5. The zero-order valence-corrected chi connectivity index (χ0v) is 13.2. The third-order valence-corrected chi connectivity index (χ3v) is 5.46. The minimum absolute atomic E-state index is 0.431. The van der Waals surface area contributed by atoms with E-state index in [-0.39, 0.29) is 0 Å². The van der Waals surface area contributed by atoms with E-state index in [1.54, 1.807) is 0 Å². The summed E-state index contributed by atoms with van der Waals surface area (Å²) in [5, 5.41) is 0. The van der Waals surface area contributed by atoms with Crippen LogP contribution >= 0.6 is 30.0 Å². The van der Waals surface area contributed by atoms with Crippen molar-refractivity contribution < 1.29 is 9.05 Å². The van der Waals surface area contributed by atoms with E-state index in [0.717, 1.165) is 18.8 Å². The molecule has 0 rings (SSSR count). The van der Waals surface area contributed by atoms with Crippen LogP contribution in [0.2, 0.25) is 0 Å². The zero-order chi connectivity index (χ0) is 12.8. The Morgan fingerprint density at radius 3 is 2.41 bits per heavy atom. The van der Waals surface area contributed by atoms with Crippen LogP contribution in [0.3, 0.4) is 0 Å². The van der Waals surface area contributed by atoms with Crippen LogP contribution in [0.1, 0.15) is 26.2 Å². The molecule has 0 saturated carbocycles. The maximum atomic E-state index is 6.62. The Kier molecular flexibility index (Phi) is 15.1. The average molecular weight is 295 g/mol. The van der Waals surface area contributed by atoms with Crippen molar-refractivity contribution in [1.29, 1.82) is 0 Å². The van der Waals surface area contributed by atoms with Crippen LogP contribution in [0, 0.1) is 6.57 Å². The Morgan fingerprint density at radius 1 is 1.12 bits per heavy atom. The molecule has 100 valence electrons. The summed E-state index contributed by atoms with van der Waals surface area (Å²) in [7, 11) is 3.10. The topological polar surface area (TPSA) is 22.8 Å². The molecule has 0 aliphatic carbocycles. The molecule has 0 saturated heterocycles. The van der Waals surface area contributed by atoms with Crippen molar-refractivity contribution in [3.63, 3.8) is 0 Å². The minimum atomic E-state index is -0.782. The van der Waals surface area contributed by atoms with Crippen molar-refractivity contribution in [2.24, 2.45) is 0 Å². The normalized spacial score (nSPS) is 12.3. The Bertz CT molecular complexity index is 202. The summed E-state index contributed by atoms with van der Waals surface area (Å²) in [6.07, 6.45) is 3.66. The van der Waals surface area contributed by atoms with Gasteiger partial charge in [-0.05, 0) is 12.8 Å². The van der Waals surface area contributed by atoms with Gasteiger partial charge in [-0.2, -0.15) is 0 Å². The fourth-order valence-electron chi connectivity index (χ4n) is 0.884. The van der Waals surface area contributed by atoms with E-state index < -0.39 is 8.38 Å². The summed E-state index contributed by atoms with van der Waals surface area (Å²) in [4.78, 5) is 3.23. The second-order valence-electron chi connectivity index (χ2n) is 3.34. The highest BCUT2D eigenvalue weighted by Crippen LogP contribution is 2.33. The van der Waals surface area contributed by atoms with Crippen LogP contribution in [0.15, 0.2) is 0 Å². The van der Waals surface area contributed by atoms with Gasteiger partial charge in [0.25, 0.3) is 0 Å². The van der Waals surface area contributed by atoms with E-state index >= 15 is 0 Å². The summed E-state index contributed by atoms with van der Waals surface area (Å²) in [6, 6.07) is 0. The first-order valence-electron chi connectivity index (χ1n) is 5.88. The molecule has 0 aromatic heterocycles. The van der Waals surface area contributed by atoms with E-state index in [1.165, 1.54) is 18.6 Å². The van der Waals surface area contributed by atoms with Crippen LogP contribution in [-0.2, 0) is 9.05 Å². The molecule has 1 atom stereocenters. The molecule has 0 spiro atoms. The predicted molar refractivity (Wildman–Crippen MR) is 80.7 cm³/mol. The Balaban J connectivity index is 3.08. The van der Waals surface area contributed by atoms with E-state index in [1.807, 2.05) is 28.3 Å². The highest BCUT2D eigenvalue weighted by molar-refractivity contribution is 8.76. The first kappa shape index (κ1) is 17.5. The van der Waals surface area contributed by atoms with Gasteiger partial charge in [0.05, 0.1) is 6.61 Å². The van der Waals surface area contributed by atoms with Gasteiger partial charge < -0.3 is 13.9 Å². The third-order valence-electron chi connectivity index (χ3n) is 1.79. The monoisotopic (exact) mass is 295 g/mol. The van der Waals surface area contributed by atoms with Gasteiger partial charge in [0.2, 0.25) is 6.54 Å². The summed E-state index contributed by atoms with van der Waals surface area (Å²) < 4.78 is 10.9. The molecule has 3 nitrogen and oxygen atoms in total. The third kappa shape index (κ3) is 14.5. The molecule has 0 aliphatic rings. The molecular formula is C11H22NO2PS2. The van der Waals surface area contributed by atoms with Crippen LogP contribution in [-0.4, -0.2) is 37.9 Å². The first-order valence-corrected chi connectivity index (χ1v) is 9.99. The van der Waals surface area contributed by atoms with Crippen LogP contribution in [0.4, 0.5) is 0 Å². The van der Waals surface area contributed by atoms with Crippen LogP contribution in [0.25, 0.3) is 4.85 Å². The minimum Gasteiger partial charge on any atom is -0.334 e. The summed E-state index contributed by atoms with van der Waals surface area (Å²) in [5.74, 6) is 2.39. The second kappa shape index (κ2) is 14.6. The van der Waals surface area contributed by atoms with E-state index in [0.29, 0.717) is 13.2 Å². The molecule has 0 heterocycles. The van der Waals surface area contributed by atoms with Gasteiger partial charge >= 0.3 is 0 Å². The van der Waals surface area contributed by atoms with Crippen molar-refractivity contribution in [1.82, 2.24) is 0 Å². The van der Waals surface area contributed by atoms with Gasteiger partial charge in [-0.15, -0.1) is 0 Å². The van der Waals surface area contributed by atoms with Crippen LogP contribution in [0.5, 0.6) is 0 Å². The van der Waals surface area contributed by atoms with Crippen molar-refractivity contribution in [2.75, 3.05) is 37.9 Å². The lowest BCUT2D eigenvalue weighted by Gasteiger charge is -2.10. The maximum Gasteiger partial charge on any atom is 0.238 e. The van der Waals surface area contributed by atoms with E-state index in [2.05, 4.69) is 11.8 Å². The van der Waals surface area contributed by atoms with Gasteiger partial charge in [-0.1, -0.05) is 34.9 Å². The molecule has 0 aliphatic heterocycles. The Labute approximate surface area is 115 Å². The largest absolute Gasteiger partial charge is 0.334 e. The SMILES string of the molecule is [C-]#[N+]CCOP(C)OCCCSSCCCC. The molecule has 0 aromatic carbocycles. The lowest BCUT2D eigenvalue weighted by atomic mass is 10.4. The summed E-state index contributed by atoms with van der Waals surface area (Å²) >= 11 is 0. The van der Waals surface area contributed by atoms with Gasteiger partial charge in [0, 0.05) is 18.2 Å². The molecule has 6 heteroatoms. The average Bonchev–Trinajstić information content (AvgIpc) is 2.33. The number of rotatable bonds is 12. The number of unbranched alkanes of at least 4 members (excludes halogenated alkanes) is 1. The highest BCUT2D eigenvalue weighted by Gasteiger charge is 2.03. The molecular weight excluding hydrogens is 273 g/mol. The van der Waals surface area contributed by atoms with Gasteiger partial charge in [-0.3, -0.25) is 0 Å². The molecule has 1 unspecified atom stereocenters. The van der Waals surface area contributed by atoms with Gasteiger partial charge in [0.1, 0.15) is 6.61 Å². The molecule has 0 bridgehead atoms. The quantitative estimate of drug-likeness (QED) is 0.229. The zero-order valence-electron chi connectivity index (χ0n) is 10.7. The van der Waals surface area contributed by atoms with Crippen molar-refractivity contribution >= 4 is 30.0 Å². The maximum absolute atomic E-state index is 6.62. The molecule has 0 aromatic rings. The number of hydrogen-bond donors (Lipinski definition) is 0. The van der Waals surface area contributed by atoms with E-state index in [9.17, 15) is 0 Å². The van der Waals surface area contributed by atoms with Crippen molar-refractivity contribution in [3.8, 4) is 0 Å². The van der Waals surface area contributed by atoms with Gasteiger partial charge in [-0.25, -0.2) is 6.57 Å².